The van der Waals surface area contributed by atoms with Crippen molar-refractivity contribution >= 4 is 16.5 Å². The Bertz CT molecular complexity index is 465. The molecule has 2 aromatic rings. The van der Waals surface area contributed by atoms with Crippen molar-refractivity contribution in [2.75, 3.05) is 19.0 Å². The van der Waals surface area contributed by atoms with Gasteiger partial charge in [-0.1, -0.05) is 30.3 Å². The van der Waals surface area contributed by atoms with Crippen molar-refractivity contribution in [3.8, 4) is 0 Å². The summed E-state index contributed by atoms with van der Waals surface area (Å²) in [5, 5.41) is 3.11. The molecule has 0 fully saturated rings. The van der Waals surface area contributed by atoms with E-state index < -0.39 is 0 Å². The maximum atomic E-state index is 6.16. The fraction of sp³-hybridized carbons (Fsp3) is 0.308. The molecule has 2 N–H and O–H groups in total. The SMILES string of the molecule is CN(C)c1nc(CC(N)c2ccccc2)cs1. The molecule has 0 saturated carbocycles. The van der Waals surface area contributed by atoms with E-state index in [0.717, 1.165) is 22.8 Å². The van der Waals surface area contributed by atoms with Gasteiger partial charge in [-0.25, -0.2) is 4.98 Å². The normalized spacial score (nSPS) is 12.4. The second kappa shape index (κ2) is 5.29. The van der Waals surface area contributed by atoms with Crippen LogP contribution in [0.4, 0.5) is 5.13 Å². The fourth-order valence-corrected chi connectivity index (χ4v) is 2.41. The van der Waals surface area contributed by atoms with E-state index >= 15 is 0 Å². The number of thiazole rings is 1. The summed E-state index contributed by atoms with van der Waals surface area (Å²) in [6, 6.07) is 10.2. The van der Waals surface area contributed by atoms with Gasteiger partial charge >= 0.3 is 0 Å². The van der Waals surface area contributed by atoms with Gasteiger partial charge in [-0.15, -0.1) is 11.3 Å². The largest absolute Gasteiger partial charge is 0.354 e. The lowest BCUT2D eigenvalue weighted by Crippen LogP contribution is -2.14. The van der Waals surface area contributed by atoms with E-state index in [2.05, 4.69) is 22.5 Å². The highest BCUT2D eigenvalue weighted by Crippen LogP contribution is 2.21. The van der Waals surface area contributed by atoms with Crippen molar-refractivity contribution in [2.24, 2.45) is 5.73 Å². The lowest BCUT2D eigenvalue weighted by atomic mass is 10.0. The Kier molecular flexibility index (Phi) is 3.76. The number of benzene rings is 1. The van der Waals surface area contributed by atoms with E-state index in [1.165, 1.54) is 0 Å². The minimum Gasteiger partial charge on any atom is -0.354 e. The summed E-state index contributed by atoms with van der Waals surface area (Å²) < 4.78 is 0. The average molecular weight is 247 g/mol. The van der Waals surface area contributed by atoms with Gasteiger partial charge in [0.15, 0.2) is 5.13 Å². The molecular formula is C13H17N3S. The highest BCUT2D eigenvalue weighted by Gasteiger charge is 2.10. The monoisotopic (exact) mass is 247 g/mol. The smallest absolute Gasteiger partial charge is 0.184 e. The molecule has 17 heavy (non-hydrogen) atoms. The van der Waals surface area contributed by atoms with Gasteiger partial charge in [-0.2, -0.15) is 0 Å². The van der Waals surface area contributed by atoms with Crippen molar-refractivity contribution < 1.29 is 0 Å². The summed E-state index contributed by atoms with van der Waals surface area (Å²) >= 11 is 1.65. The molecule has 0 amide bonds. The van der Waals surface area contributed by atoms with Crippen molar-refractivity contribution in [1.82, 2.24) is 4.98 Å². The number of nitrogens with two attached hydrogens (primary N) is 1. The van der Waals surface area contributed by atoms with Crippen LogP contribution >= 0.6 is 11.3 Å². The minimum absolute atomic E-state index is 0.0216. The molecule has 0 spiro atoms. The predicted octanol–water partition coefficient (Wildman–Crippen LogP) is 2.45. The van der Waals surface area contributed by atoms with Crippen LogP contribution in [0.15, 0.2) is 35.7 Å². The molecule has 0 radical (unpaired) electrons. The minimum atomic E-state index is 0.0216. The Labute approximate surface area is 106 Å². The number of hydrogen-bond donors (Lipinski definition) is 1. The molecule has 1 atom stereocenters. The van der Waals surface area contributed by atoms with Crippen LogP contribution in [0.25, 0.3) is 0 Å². The van der Waals surface area contributed by atoms with Gasteiger partial charge in [-0.05, 0) is 5.56 Å². The van der Waals surface area contributed by atoms with Crippen LogP contribution in [0.3, 0.4) is 0 Å². The second-order valence-electron chi connectivity index (χ2n) is 4.24. The van der Waals surface area contributed by atoms with E-state index in [9.17, 15) is 0 Å². The molecule has 3 nitrogen and oxygen atoms in total. The molecule has 1 aromatic carbocycles. The first-order valence-electron chi connectivity index (χ1n) is 5.59. The van der Waals surface area contributed by atoms with E-state index in [4.69, 9.17) is 5.73 Å². The summed E-state index contributed by atoms with van der Waals surface area (Å²) in [6.07, 6.45) is 0.786. The molecule has 0 aliphatic carbocycles. The lowest BCUT2D eigenvalue weighted by molar-refractivity contribution is 0.710. The zero-order valence-electron chi connectivity index (χ0n) is 10.1. The van der Waals surface area contributed by atoms with E-state index in [1.54, 1.807) is 11.3 Å². The highest BCUT2D eigenvalue weighted by atomic mass is 32.1. The first kappa shape index (κ1) is 12.1. The van der Waals surface area contributed by atoms with E-state index in [0.29, 0.717) is 0 Å². The van der Waals surface area contributed by atoms with E-state index in [-0.39, 0.29) is 6.04 Å². The van der Waals surface area contributed by atoms with E-state index in [1.807, 2.05) is 37.2 Å². The molecule has 1 aromatic heterocycles. The summed E-state index contributed by atoms with van der Waals surface area (Å²) in [4.78, 5) is 6.56. The Balaban J connectivity index is 2.05. The van der Waals surface area contributed by atoms with Gasteiger partial charge in [-0.3, -0.25) is 0 Å². The maximum Gasteiger partial charge on any atom is 0.184 e. The fourth-order valence-electron chi connectivity index (χ4n) is 1.64. The van der Waals surface area contributed by atoms with Crippen molar-refractivity contribution in [3.63, 3.8) is 0 Å². The summed E-state index contributed by atoms with van der Waals surface area (Å²) in [5.41, 5.74) is 8.39. The number of hydrogen-bond acceptors (Lipinski definition) is 4. The maximum absolute atomic E-state index is 6.16. The molecule has 0 bridgehead atoms. The third-order valence-electron chi connectivity index (χ3n) is 2.58. The first-order chi connectivity index (χ1) is 8.16. The van der Waals surface area contributed by atoms with Crippen LogP contribution in [-0.4, -0.2) is 19.1 Å². The van der Waals surface area contributed by atoms with Gasteiger partial charge in [0.25, 0.3) is 0 Å². The van der Waals surface area contributed by atoms with Crippen LogP contribution in [-0.2, 0) is 6.42 Å². The zero-order valence-corrected chi connectivity index (χ0v) is 10.9. The van der Waals surface area contributed by atoms with Crippen LogP contribution in [0.5, 0.6) is 0 Å². The van der Waals surface area contributed by atoms with Crippen LogP contribution in [0.1, 0.15) is 17.3 Å². The van der Waals surface area contributed by atoms with Crippen LogP contribution in [0.2, 0.25) is 0 Å². The predicted molar refractivity (Wildman–Crippen MR) is 73.5 cm³/mol. The standard InChI is InChI=1S/C13H17N3S/c1-16(2)13-15-11(9-17-13)8-12(14)10-6-4-3-5-7-10/h3-7,9,12H,8,14H2,1-2H3. The Morgan fingerprint density at radius 3 is 2.59 bits per heavy atom. The molecule has 0 saturated heterocycles. The first-order valence-corrected chi connectivity index (χ1v) is 6.47. The van der Waals surface area contributed by atoms with Gasteiger partial charge in [0.2, 0.25) is 0 Å². The number of nitrogens with zero attached hydrogens (tertiary/aromatic N) is 2. The molecule has 0 aliphatic heterocycles. The highest BCUT2D eigenvalue weighted by molar-refractivity contribution is 7.13. The second-order valence-corrected chi connectivity index (χ2v) is 5.07. The third-order valence-corrected chi connectivity index (χ3v) is 3.64. The molecule has 90 valence electrons. The molecule has 0 aliphatic rings. The van der Waals surface area contributed by atoms with Gasteiger partial charge < -0.3 is 10.6 Å². The molecule has 4 heteroatoms. The molecule has 1 heterocycles. The zero-order chi connectivity index (χ0) is 12.3. The molecule has 2 rings (SSSR count). The summed E-state index contributed by atoms with van der Waals surface area (Å²) in [7, 11) is 4.00. The lowest BCUT2D eigenvalue weighted by Gasteiger charge is -2.10. The third kappa shape index (κ3) is 3.05. The Morgan fingerprint density at radius 2 is 2.00 bits per heavy atom. The summed E-state index contributed by atoms with van der Waals surface area (Å²) in [6.45, 7) is 0. The molecular weight excluding hydrogens is 230 g/mol. The van der Waals surface area contributed by atoms with Gasteiger partial charge in [0.05, 0.1) is 5.69 Å². The number of rotatable bonds is 4. The summed E-state index contributed by atoms with van der Waals surface area (Å²) in [5.74, 6) is 0. The number of anilines is 1. The van der Waals surface area contributed by atoms with Crippen LogP contribution < -0.4 is 10.6 Å². The Hall–Kier alpha value is -1.39. The van der Waals surface area contributed by atoms with Gasteiger partial charge in [0.1, 0.15) is 0 Å². The Morgan fingerprint density at radius 1 is 1.29 bits per heavy atom. The number of aromatic nitrogens is 1. The molecule has 1 unspecified atom stereocenters. The average Bonchev–Trinajstić information content (AvgIpc) is 2.79. The van der Waals surface area contributed by atoms with Crippen molar-refractivity contribution in [1.29, 1.82) is 0 Å². The van der Waals surface area contributed by atoms with Gasteiger partial charge in [0, 0.05) is 31.9 Å². The quantitative estimate of drug-likeness (QED) is 0.902. The topological polar surface area (TPSA) is 42.2 Å². The van der Waals surface area contributed by atoms with Crippen LogP contribution in [0, 0.1) is 0 Å². The van der Waals surface area contributed by atoms with Crippen molar-refractivity contribution in [3.05, 3.63) is 47.0 Å². The van der Waals surface area contributed by atoms with Crippen molar-refractivity contribution in [2.45, 2.75) is 12.5 Å².